The van der Waals surface area contributed by atoms with E-state index >= 15 is 0 Å². The average molecular weight is 482 g/mol. The van der Waals surface area contributed by atoms with Gasteiger partial charge in [0.25, 0.3) is 5.69 Å². The van der Waals surface area contributed by atoms with Crippen molar-refractivity contribution in [2.45, 2.75) is 18.5 Å². The second kappa shape index (κ2) is 10.2. The fraction of sp³-hybridized carbons (Fsp3) is 0.333. The number of hydrogen-bond donors (Lipinski definition) is 1. The third-order valence-corrected chi connectivity index (χ3v) is 6.13. The third-order valence-electron chi connectivity index (χ3n) is 5.78. The summed E-state index contributed by atoms with van der Waals surface area (Å²) in [7, 11) is 5.57. The van der Waals surface area contributed by atoms with E-state index in [0.717, 1.165) is 31.0 Å². The summed E-state index contributed by atoms with van der Waals surface area (Å²) in [4.78, 5) is 19.5. The van der Waals surface area contributed by atoms with Crippen molar-refractivity contribution in [2.24, 2.45) is 0 Å². The van der Waals surface area contributed by atoms with Gasteiger partial charge in [-0.3, -0.25) is 15.1 Å². The maximum Gasteiger partial charge on any atom is 0.273 e. The van der Waals surface area contributed by atoms with Gasteiger partial charge in [0.1, 0.15) is 23.3 Å². The number of nitro groups is 1. The molecule has 1 aliphatic rings. The monoisotopic (exact) mass is 481 g/mol. The highest BCUT2D eigenvalue weighted by Crippen LogP contribution is 2.42. The van der Waals surface area contributed by atoms with Crippen LogP contribution in [0.5, 0.6) is 5.75 Å². The molecule has 34 heavy (non-hydrogen) atoms. The van der Waals surface area contributed by atoms with Crippen LogP contribution in [-0.4, -0.2) is 59.1 Å². The summed E-state index contributed by atoms with van der Waals surface area (Å²) in [6.45, 7) is 1.69. The summed E-state index contributed by atoms with van der Waals surface area (Å²) in [6, 6.07) is 13.7. The molecule has 0 amide bonds. The summed E-state index contributed by atoms with van der Waals surface area (Å²) < 4.78 is 11.7. The molecule has 3 aromatic rings. The molecular weight excluding hydrogens is 454 g/mol. The number of thiocarbonyl (C=S) groups is 1. The molecule has 0 bridgehead atoms. The number of hydrogen-bond acceptors (Lipinski definition) is 7. The number of pyridine rings is 1. The van der Waals surface area contributed by atoms with E-state index in [4.69, 9.17) is 21.4 Å². The Labute approximate surface area is 203 Å². The van der Waals surface area contributed by atoms with Crippen LogP contribution in [0.25, 0.3) is 11.3 Å². The predicted octanol–water partition coefficient (Wildman–Crippen LogP) is 4.18. The normalized spacial score (nSPS) is 17.8. The Balaban J connectivity index is 1.69. The maximum atomic E-state index is 11.2. The predicted molar refractivity (Wildman–Crippen MR) is 133 cm³/mol. The lowest BCUT2D eigenvalue weighted by Gasteiger charge is -2.26. The highest BCUT2D eigenvalue weighted by Gasteiger charge is 2.41. The first-order valence-corrected chi connectivity index (χ1v) is 11.3. The number of furan rings is 1. The second-order valence-corrected chi connectivity index (χ2v) is 8.71. The first-order chi connectivity index (χ1) is 16.4. The van der Waals surface area contributed by atoms with Crippen LogP contribution in [0.1, 0.15) is 30.0 Å². The van der Waals surface area contributed by atoms with Crippen LogP contribution >= 0.6 is 12.2 Å². The molecule has 10 heteroatoms. The quantitative estimate of drug-likeness (QED) is 0.274. The Kier molecular flexibility index (Phi) is 7.09. The van der Waals surface area contributed by atoms with Gasteiger partial charge in [0, 0.05) is 18.8 Å². The van der Waals surface area contributed by atoms with Gasteiger partial charge >= 0.3 is 0 Å². The highest BCUT2D eigenvalue weighted by atomic mass is 32.1. The average Bonchev–Trinajstić information content (AvgIpc) is 3.43. The van der Waals surface area contributed by atoms with E-state index in [1.165, 1.54) is 19.2 Å². The van der Waals surface area contributed by atoms with E-state index < -0.39 is 4.92 Å². The van der Waals surface area contributed by atoms with Gasteiger partial charge in [0.15, 0.2) is 5.11 Å². The molecule has 1 aromatic carbocycles. The molecule has 1 N–H and O–H groups in total. The minimum absolute atomic E-state index is 0.0417. The lowest BCUT2D eigenvalue weighted by atomic mass is 10.0. The van der Waals surface area contributed by atoms with Crippen molar-refractivity contribution in [3.63, 3.8) is 0 Å². The summed E-state index contributed by atoms with van der Waals surface area (Å²) in [5, 5.41) is 15.2. The van der Waals surface area contributed by atoms with Gasteiger partial charge in [-0.15, -0.1) is 0 Å². The summed E-state index contributed by atoms with van der Waals surface area (Å²) in [6.07, 6.45) is 2.70. The fourth-order valence-corrected chi connectivity index (χ4v) is 4.50. The molecule has 2 atom stereocenters. The zero-order valence-corrected chi connectivity index (χ0v) is 20.1. The van der Waals surface area contributed by atoms with Crippen molar-refractivity contribution in [3.8, 4) is 17.1 Å². The standard InChI is InChI=1S/C24H27N5O4S/c1-27(2)13-6-14-28-23(22(26-24(28)34)18-7-4-5-12-25-18)20-11-10-19(33-20)17-9-8-16(29(30)31)15-21(17)32-3/h4-5,7-12,15,22-23H,6,13-14H2,1-3H3,(H,26,34)/t22-,23+/m1/s1. The third kappa shape index (κ3) is 4.87. The van der Waals surface area contributed by atoms with Gasteiger partial charge in [0.05, 0.1) is 35.4 Å². The summed E-state index contributed by atoms with van der Waals surface area (Å²) in [5.74, 6) is 1.66. The lowest BCUT2D eigenvalue weighted by molar-refractivity contribution is -0.384. The molecule has 0 radical (unpaired) electrons. The van der Waals surface area contributed by atoms with Crippen LogP contribution in [0.3, 0.4) is 0 Å². The van der Waals surface area contributed by atoms with Crippen molar-refractivity contribution in [1.29, 1.82) is 0 Å². The molecule has 0 unspecified atom stereocenters. The molecule has 0 aliphatic carbocycles. The minimum Gasteiger partial charge on any atom is -0.496 e. The van der Waals surface area contributed by atoms with Crippen LogP contribution in [0, 0.1) is 10.1 Å². The number of benzene rings is 1. The van der Waals surface area contributed by atoms with Gasteiger partial charge in [0.2, 0.25) is 0 Å². The van der Waals surface area contributed by atoms with Gasteiger partial charge in [-0.25, -0.2) is 0 Å². The minimum atomic E-state index is -0.450. The number of nitro benzene ring substituents is 1. The van der Waals surface area contributed by atoms with Crippen molar-refractivity contribution >= 4 is 23.0 Å². The van der Waals surface area contributed by atoms with Crippen LogP contribution in [0.4, 0.5) is 5.69 Å². The Morgan fingerprint density at radius 3 is 2.76 bits per heavy atom. The zero-order chi connectivity index (χ0) is 24.2. The van der Waals surface area contributed by atoms with Gasteiger partial charge in [-0.05, 0) is 69.6 Å². The van der Waals surface area contributed by atoms with E-state index in [0.29, 0.717) is 22.2 Å². The van der Waals surface area contributed by atoms with E-state index in [2.05, 4.69) is 20.1 Å². The number of nitrogens with one attached hydrogen (secondary N) is 1. The summed E-state index contributed by atoms with van der Waals surface area (Å²) >= 11 is 5.70. The Morgan fingerprint density at radius 2 is 2.09 bits per heavy atom. The number of nitrogens with zero attached hydrogens (tertiary/aromatic N) is 4. The number of ether oxygens (including phenoxy) is 1. The molecule has 0 spiro atoms. The molecule has 3 heterocycles. The number of rotatable bonds is 9. The van der Waals surface area contributed by atoms with E-state index in [-0.39, 0.29) is 17.8 Å². The molecule has 2 aromatic heterocycles. The van der Waals surface area contributed by atoms with Gasteiger partial charge < -0.3 is 24.3 Å². The van der Waals surface area contributed by atoms with E-state index in [1.54, 1.807) is 12.3 Å². The molecule has 4 rings (SSSR count). The fourth-order valence-electron chi connectivity index (χ4n) is 4.17. The second-order valence-electron chi connectivity index (χ2n) is 8.32. The number of aromatic nitrogens is 1. The first kappa shape index (κ1) is 23.7. The highest BCUT2D eigenvalue weighted by molar-refractivity contribution is 7.80. The smallest absolute Gasteiger partial charge is 0.273 e. The first-order valence-electron chi connectivity index (χ1n) is 10.9. The van der Waals surface area contributed by atoms with Crippen LogP contribution < -0.4 is 10.1 Å². The van der Waals surface area contributed by atoms with Crippen molar-refractivity contribution in [3.05, 3.63) is 76.3 Å². The van der Waals surface area contributed by atoms with Gasteiger partial charge in [-0.2, -0.15) is 0 Å². The van der Waals surface area contributed by atoms with Crippen molar-refractivity contribution in [1.82, 2.24) is 20.1 Å². The Hall–Kier alpha value is -3.50. The number of non-ortho nitro benzene ring substituents is 1. The van der Waals surface area contributed by atoms with Crippen molar-refractivity contribution in [2.75, 3.05) is 34.3 Å². The van der Waals surface area contributed by atoms with Gasteiger partial charge in [-0.1, -0.05) is 6.07 Å². The number of methoxy groups -OCH3 is 1. The van der Waals surface area contributed by atoms with Crippen LogP contribution in [-0.2, 0) is 0 Å². The molecule has 1 fully saturated rings. The molecule has 1 saturated heterocycles. The largest absolute Gasteiger partial charge is 0.496 e. The van der Waals surface area contributed by atoms with E-state index in [9.17, 15) is 10.1 Å². The van der Waals surface area contributed by atoms with Crippen LogP contribution in [0.2, 0.25) is 0 Å². The SMILES string of the molecule is COc1cc([N+](=O)[O-])ccc1-c1ccc([C@H]2[C@@H](c3ccccn3)NC(=S)N2CCCN(C)C)o1. The molecule has 178 valence electrons. The van der Waals surface area contributed by atoms with Crippen LogP contribution in [0.15, 0.2) is 59.1 Å². The topological polar surface area (TPSA) is 96.9 Å². The molecule has 1 aliphatic heterocycles. The van der Waals surface area contributed by atoms with E-state index in [1.807, 2.05) is 44.4 Å². The molecule has 0 saturated carbocycles. The Bertz CT molecular complexity index is 1170. The lowest BCUT2D eigenvalue weighted by Crippen LogP contribution is -2.32. The molecule has 9 nitrogen and oxygen atoms in total. The zero-order valence-electron chi connectivity index (χ0n) is 19.3. The van der Waals surface area contributed by atoms with Crippen molar-refractivity contribution < 1.29 is 14.1 Å². The maximum absolute atomic E-state index is 11.2. The molecular formula is C24H27N5O4S. The summed E-state index contributed by atoms with van der Waals surface area (Å²) in [5.41, 5.74) is 1.47. The Morgan fingerprint density at radius 1 is 1.26 bits per heavy atom.